The molecule has 0 radical (unpaired) electrons. The van der Waals surface area contributed by atoms with Crippen molar-refractivity contribution < 1.29 is 19.4 Å². The summed E-state index contributed by atoms with van der Waals surface area (Å²) in [7, 11) is 1.33. The number of phenolic OH excluding ortho intramolecular Hbond substituents is 1. The molecular formula is C14H18N2O4. The third kappa shape index (κ3) is 3.01. The highest BCUT2D eigenvalue weighted by Gasteiger charge is 2.24. The van der Waals surface area contributed by atoms with Crippen LogP contribution in [0.4, 0.5) is 10.5 Å². The molecule has 2 N–H and O–H groups in total. The fourth-order valence-electron chi connectivity index (χ4n) is 2.35. The van der Waals surface area contributed by atoms with Gasteiger partial charge in [-0.1, -0.05) is 0 Å². The molecule has 1 fully saturated rings. The number of carbonyl (C=O) groups excluding carboxylic acids is 2. The Kier molecular flexibility index (Phi) is 4.12. The lowest BCUT2D eigenvalue weighted by Gasteiger charge is -2.19. The van der Waals surface area contributed by atoms with Gasteiger partial charge < -0.3 is 20.1 Å². The molecule has 1 aliphatic heterocycles. The molecular weight excluding hydrogens is 260 g/mol. The molecule has 1 heterocycles. The number of benzene rings is 1. The minimum absolute atomic E-state index is 0.0145. The van der Waals surface area contributed by atoms with Gasteiger partial charge in [0.25, 0.3) is 0 Å². The number of ether oxygens (including phenoxy) is 1. The van der Waals surface area contributed by atoms with Crippen LogP contribution in [-0.4, -0.2) is 43.2 Å². The van der Waals surface area contributed by atoms with Gasteiger partial charge in [0.15, 0.2) is 5.78 Å². The first kappa shape index (κ1) is 14.2. The maximum absolute atomic E-state index is 11.3. The van der Waals surface area contributed by atoms with Crippen molar-refractivity contribution in [1.82, 2.24) is 5.32 Å². The van der Waals surface area contributed by atoms with Crippen LogP contribution in [0.2, 0.25) is 0 Å². The minimum atomic E-state index is -0.438. The Morgan fingerprint density at radius 1 is 1.45 bits per heavy atom. The molecule has 2 rings (SSSR count). The van der Waals surface area contributed by atoms with E-state index in [1.165, 1.54) is 14.0 Å². The van der Waals surface area contributed by atoms with Crippen LogP contribution < -0.4 is 10.2 Å². The van der Waals surface area contributed by atoms with Gasteiger partial charge in [0, 0.05) is 24.8 Å². The number of Topliss-reactive ketones (excluding diaryl/α,β-unsaturated/α-hetero) is 1. The summed E-state index contributed by atoms with van der Waals surface area (Å²) < 4.78 is 4.57. The van der Waals surface area contributed by atoms with Gasteiger partial charge in [0.2, 0.25) is 0 Å². The smallest absolute Gasteiger partial charge is 0.407 e. The summed E-state index contributed by atoms with van der Waals surface area (Å²) in [6.45, 7) is 2.84. The van der Waals surface area contributed by atoms with Gasteiger partial charge in [-0.25, -0.2) is 4.79 Å². The average molecular weight is 278 g/mol. The zero-order valence-corrected chi connectivity index (χ0v) is 11.5. The number of phenols is 1. The molecule has 1 atom stereocenters. The largest absolute Gasteiger partial charge is 0.507 e. The number of carbonyl (C=O) groups is 2. The van der Waals surface area contributed by atoms with Crippen molar-refractivity contribution in [3.63, 3.8) is 0 Å². The third-order valence-corrected chi connectivity index (χ3v) is 3.42. The summed E-state index contributed by atoms with van der Waals surface area (Å²) in [6, 6.07) is 5.03. The molecule has 0 aromatic heterocycles. The Labute approximate surface area is 117 Å². The fraction of sp³-hybridized carbons (Fsp3) is 0.429. The summed E-state index contributed by atoms with van der Waals surface area (Å²) in [4.78, 5) is 24.5. The van der Waals surface area contributed by atoms with E-state index in [1.807, 2.05) is 4.90 Å². The van der Waals surface area contributed by atoms with Gasteiger partial charge >= 0.3 is 6.09 Å². The molecule has 1 unspecified atom stereocenters. The standard InChI is InChI=1S/C14H18N2O4/c1-9(17)12-4-3-11(7-13(12)18)16-6-5-10(8-16)15-14(19)20-2/h3-4,7,10,18H,5-6,8H2,1-2H3,(H,15,19). The van der Waals surface area contributed by atoms with Gasteiger partial charge in [-0.05, 0) is 25.5 Å². The highest BCUT2D eigenvalue weighted by atomic mass is 16.5. The molecule has 0 bridgehead atoms. The molecule has 20 heavy (non-hydrogen) atoms. The van der Waals surface area contributed by atoms with Crippen LogP contribution in [0.25, 0.3) is 0 Å². The molecule has 0 saturated carbocycles. The van der Waals surface area contributed by atoms with E-state index < -0.39 is 6.09 Å². The van der Waals surface area contributed by atoms with Crippen LogP contribution >= 0.6 is 0 Å². The first-order valence-electron chi connectivity index (χ1n) is 6.44. The zero-order valence-electron chi connectivity index (χ0n) is 11.5. The lowest BCUT2D eigenvalue weighted by atomic mass is 10.1. The lowest BCUT2D eigenvalue weighted by molar-refractivity contribution is 0.101. The van der Waals surface area contributed by atoms with Crippen LogP contribution in [0.15, 0.2) is 18.2 Å². The van der Waals surface area contributed by atoms with Gasteiger partial charge in [0.1, 0.15) is 5.75 Å². The maximum Gasteiger partial charge on any atom is 0.407 e. The third-order valence-electron chi connectivity index (χ3n) is 3.42. The van der Waals surface area contributed by atoms with Gasteiger partial charge in [0.05, 0.1) is 18.7 Å². The van der Waals surface area contributed by atoms with Crippen molar-refractivity contribution in [2.45, 2.75) is 19.4 Å². The van der Waals surface area contributed by atoms with Crippen molar-refractivity contribution in [3.05, 3.63) is 23.8 Å². The second-order valence-electron chi connectivity index (χ2n) is 4.83. The van der Waals surface area contributed by atoms with E-state index in [-0.39, 0.29) is 17.6 Å². The predicted molar refractivity (Wildman–Crippen MR) is 74.3 cm³/mol. The topological polar surface area (TPSA) is 78.9 Å². The normalized spacial score (nSPS) is 17.9. The second-order valence-corrected chi connectivity index (χ2v) is 4.83. The van der Waals surface area contributed by atoms with Crippen molar-refractivity contribution >= 4 is 17.6 Å². The molecule has 1 aromatic carbocycles. The van der Waals surface area contributed by atoms with E-state index in [1.54, 1.807) is 18.2 Å². The Hall–Kier alpha value is -2.24. The Balaban J connectivity index is 2.05. The zero-order chi connectivity index (χ0) is 14.7. The minimum Gasteiger partial charge on any atom is -0.507 e. The number of anilines is 1. The van der Waals surface area contributed by atoms with E-state index in [4.69, 9.17) is 0 Å². The van der Waals surface area contributed by atoms with E-state index in [0.29, 0.717) is 12.1 Å². The molecule has 1 aliphatic rings. The van der Waals surface area contributed by atoms with Gasteiger partial charge in [-0.2, -0.15) is 0 Å². The molecule has 6 heteroatoms. The van der Waals surface area contributed by atoms with Crippen LogP contribution in [-0.2, 0) is 4.74 Å². The van der Waals surface area contributed by atoms with E-state index >= 15 is 0 Å². The van der Waals surface area contributed by atoms with Crippen molar-refractivity contribution in [2.24, 2.45) is 0 Å². The van der Waals surface area contributed by atoms with Crippen LogP contribution in [0.1, 0.15) is 23.7 Å². The SMILES string of the molecule is COC(=O)NC1CCN(c2ccc(C(C)=O)c(O)c2)C1. The lowest BCUT2D eigenvalue weighted by Crippen LogP contribution is -2.36. The number of rotatable bonds is 3. The van der Waals surface area contributed by atoms with Gasteiger partial charge in [-0.3, -0.25) is 4.79 Å². The quantitative estimate of drug-likeness (QED) is 0.820. The first-order valence-corrected chi connectivity index (χ1v) is 6.44. The molecule has 1 amide bonds. The Bertz CT molecular complexity index is 530. The molecule has 1 saturated heterocycles. The van der Waals surface area contributed by atoms with Crippen molar-refractivity contribution in [3.8, 4) is 5.75 Å². The average Bonchev–Trinajstić information content (AvgIpc) is 2.86. The molecule has 0 aliphatic carbocycles. The Morgan fingerprint density at radius 2 is 2.20 bits per heavy atom. The summed E-state index contributed by atoms with van der Waals surface area (Å²) in [5, 5.41) is 12.6. The number of nitrogens with one attached hydrogen (secondary N) is 1. The summed E-state index contributed by atoms with van der Waals surface area (Å²) in [6.07, 6.45) is 0.372. The highest BCUT2D eigenvalue weighted by Crippen LogP contribution is 2.27. The number of hydrogen-bond donors (Lipinski definition) is 2. The number of alkyl carbamates (subject to hydrolysis) is 1. The van der Waals surface area contributed by atoms with Crippen molar-refractivity contribution in [1.29, 1.82) is 0 Å². The van der Waals surface area contributed by atoms with Crippen LogP contribution in [0.5, 0.6) is 5.75 Å². The molecule has 6 nitrogen and oxygen atoms in total. The summed E-state index contributed by atoms with van der Waals surface area (Å²) in [5.41, 5.74) is 1.15. The number of methoxy groups -OCH3 is 1. The van der Waals surface area contributed by atoms with Crippen LogP contribution in [0.3, 0.4) is 0 Å². The number of nitrogens with zero attached hydrogens (tertiary/aromatic N) is 1. The van der Waals surface area contributed by atoms with E-state index in [0.717, 1.165) is 18.7 Å². The number of hydrogen-bond acceptors (Lipinski definition) is 5. The first-order chi connectivity index (χ1) is 9.51. The molecule has 0 spiro atoms. The van der Waals surface area contributed by atoms with Crippen molar-refractivity contribution in [2.75, 3.05) is 25.1 Å². The van der Waals surface area contributed by atoms with E-state index in [2.05, 4.69) is 10.1 Å². The Morgan fingerprint density at radius 3 is 2.80 bits per heavy atom. The summed E-state index contributed by atoms with van der Waals surface area (Å²) in [5.74, 6) is -0.180. The highest BCUT2D eigenvalue weighted by molar-refractivity contribution is 5.97. The monoisotopic (exact) mass is 278 g/mol. The van der Waals surface area contributed by atoms with Gasteiger partial charge in [-0.15, -0.1) is 0 Å². The second kappa shape index (κ2) is 5.81. The molecule has 1 aromatic rings. The van der Waals surface area contributed by atoms with E-state index in [9.17, 15) is 14.7 Å². The summed E-state index contributed by atoms with van der Waals surface area (Å²) >= 11 is 0. The number of aromatic hydroxyl groups is 1. The van der Waals surface area contributed by atoms with Crippen LogP contribution in [0, 0.1) is 0 Å². The number of amides is 1. The number of ketones is 1. The molecule has 108 valence electrons. The fourth-order valence-corrected chi connectivity index (χ4v) is 2.35. The maximum atomic E-state index is 11.3. The predicted octanol–water partition coefficient (Wildman–Crippen LogP) is 1.53.